The maximum atomic E-state index is 15.7. The number of benzene rings is 4. The Morgan fingerprint density at radius 2 is 0.382 bits per heavy atom. The number of amides is 11. The van der Waals surface area contributed by atoms with Gasteiger partial charge in [-0.15, -0.1) is 0 Å². The van der Waals surface area contributed by atoms with Crippen LogP contribution >= 0.6 is 15.9 Å². The molecule has 4 aromatic rings. The van der Waals surface area contributed by atoms with E-state index in [1.165, 1.54) is 58.5 Å². The number of hydrogen-bond acceptors (Lipinski definition) is 13. The SMILES string of the molecule is CCCCCCCCCCN(CC(N)=O)C(=O)CN(CCCCCCCCCC)C(=O)CN(CCCCCCCCCC)C(=O)CN(CCCCCCCCCC)C(=O)CN(CCc1ccccc1)C(=O)CN(CCc1ccccc1)C(=O)CN(CCN)C(=O)CN(CCc1ccccc1)C(=O)CN(CCc1ccccc1)C(=O)CN(CCN)C(=O)CBr. The van der Waals surface area contributed by atoms with Gasteiger partial charge in [0.2, 0.25) is 65.0 Å². The highest BCUT2D eigenvalue weighted by atomic mass is 79.9. The first-order chi connectivity index (χ1) is 59.8. The molecule has 0 spiro atoms. The normalized spacial score (nSPS) is 11.1. The van der Waals surface area contributed by atoms with E-state index in [2.05, 4.69) is 43.6 Å². The van der Waals surface area contributed by atoms with Crippen LogP contribution in [0.4, 0.5) is 0 Å². The Bertz CT molecular complexity index is 3570. The van der Waals surface area contributed by atoms with Gasteiger partial charge in [-0.3, -0.25) is 52.7 Å². The van der Waals surface area contributed by atoms with E-state index in [1.54, 1.807) is 9.80 Å². The molecule has 11 amide bonds. The van der Waals surface area contributed by atoms with E-state index in [0.717, 1.165) is 183 Å². The Hall–Kier alpha value is -8.55. The molecular formula is C98H156BrN13O11. The predicted molar refractivity (Wildman–Crippen MR) is 498 cm³/mol. The highest BCUT2D eigenvalue weighted by molar-refractivity contribution is 9.09. The van der Waals surface area contributed by atoms with E-state index < -0.39 is 85.9 Å². The van der Waals surface area contributed by atoms with Crippen molar-refractivity contribution in [3.63, 3.8) is 0 Å². The average Bonchev–Trinajstić information content (AvgIpc) is 0.852. The third-order valence-corrected chi connectivity index (χ3v) is 23.4. The molecule has 0 radical (unpaired) electrons. The fraction of sp³-hybridized carbons (Fsp3) is 0.643. The quantitative estimate of drug-likeness (QED) is 0.0274. The molecule has 0 atom stereocenters. The lowest BCUT2D eigenvalue weighted by molar-refractivity contribution is -0.149. The van der Waals surface area contributed by atoms with Crippen LogP contribution in [0.3, 0.4) is 0 Å². The van der Waals surface area contributed by atoms with Crippen LogP contribution in [0.5, 0.6) is 0 Å². The van der Waals surface area contributed by atoms with Crippen molar-refractivity contribution in [3.8, 4) is 0 Å². The fourth-order valence-electron chi connectivity index (χ4n) is 15.3. The third kappa shape index (κ3) is 47.9. The smallest absolute Gasteiger partial charge is 0.242 e. The number of primary amides is 1. The van der Waals surface area contributed by atoms with Gasteiger partial charge in [-0.2, -0.15) is 0 Å². The Morgan fingerprint density at radius 3 is 0.561 bits per heavy atom. The minimum atomic E-state index is -0.638. The van der Waals surface area contributed by atoms with E-state index >= 15 is 28.8 Å². The number of unbranched alkanes of at least 4 members (excludes halogenated alkanes) is 28. The zero-order chi connectivity index (χ0) is 89.3. The number of carbonyl (C=O) groups is 11. The van der Waals surface area contributed by atoms with Crippen LogP contribution in [0.15, 0.2) is 121 Å². The van der Waals surface area contributed by atoms with Crippen molar-refractivity contribution in [2.45, 2.75) is 259 Å². The third-order valence-electron chi connectivity index (χ3n) is 22.9. The highest BCUT2D eigenvalue weighted by Crippen LogP contribution is 2.19. The first-order valence-corrected chi connectivity index (χ1v) is 48.1. The van der Waals surface area contributed by atoms with Gasteiger partial charge in [0.05, 0.1) is 70.8 Å². The summed E-state index contributed by atoms with van der Waals surface area (Å²) in [7, 11) is 0. The number of nitrogens with two attached hydrogens (primary N) is 3. The van der Waals surface area contributed by atoms with Crippen molar-refractivity contribution in [1.82, 2.24) is 49.0 Å². The molecule has 0 aliphatic rings. The largest absolute Gasteiger partial charge is 0.368 e. The first-order valence-electron chi connectivity index (χ1n) is 47.0. The Kier molecular flexibility index (Phi) is 58.9. The lowest BCUT2D eigenvalue weighted by atomic mass is 10.1. The van der Waals surface area contributed by atoms with Crippen molar-refractivity contribution < 1.29 is 52.7 Å². The van der Waals surface area contributed by atoms with E-state index in [9.17, 15) is 24.0 Å². The zero-order valence-corrected chi connectivity index (χ0v) is 77.4. The van der Waals surface area contributed by atoms with Crippen molar-refractivity contribution >= 4 is 80.9 Å². The molecule has 4 aromatic carbocycles. The standard InChI is InChI=1S/C98H156BrN13O11/c1-5-9-13-17-21-25-29-45-63-103(74-88(102)113)90(115)75-104(64-46-30-26-22-18-14-10-6-2)91(116)76-105(65-47-31-27-23-19-15-11-7-3)92(117)77-106(66-48-32-28-24-20-16-12-8-4)93(118)78-107(67-57-84-49-37-33-38-50-84)94(119)80-109(69-59-86-53-41-35-42-54-86)97(122)83-112(72-62-101)98(123)81-110(70-60-87-55-43-36-44-56-87)95(120)79-108(68-58-85-51-39-34-40-52-85)96(121)82-111(71-61-100)89(114)73-99/h33-44,49-56H,5-32,45-48,57-83,100-101H2,1-4H3,(H2,102,113). The van der Waals surface area contributed by atoms with Gasteiger partial charge >= 0.3 is 0 Å². The van der Waals surface area contributed by atoms with Crippen molar-refractivity contribution in [3.05, 3.63) is 144 Å². The van der Waals surface area contributed by atoms with Crippen molar-refractivity contribution in [2.75, 3.05) is 149 Å². The maximum Gasteiger partial charge on any atom is 0.242 e. The number of alkyl halides is 1. The molecule has 24 nitrogen and oxygen atoms in total. The van der Waals surface area contributed by atoms with Crippen LogP contribution in [0.1, 0.15) is 255 Å². The Labute approximate surface area is 747 Å². The summed E-state index contributed by atoms with van der Waals surface area (Å²) in [5.74, 6) is -5.49. The molecule has 0 aromatic heterocycles. The van der Waals surface area contributed by atoms with Crippen LogP contribution in [-0.4, -0.2) is 263 Å². The zero-order valence-electron chi connectivity index (χ0n) is 75.8. The van der Waals surface area contributed by atoms with Crippen LogP contribution in [0, 0.1) is 0 Å². The molecule has 686 valence electrons. The molecule has 0 heterocycles. The number of carbonyl (C=O) groups excluding carboxylic acids is 11. The van der Waals surface area contributed by atoms with Gasteiger partial charge in [-0.25, -0.2) is 0 Å². The minimum absolute atomic E-state index is 0.0281. The monoisotopic (exact) mass is 1770 g/mol. The Morgan fingerprint density at radius 1 is 0.220 bits per heavy atom. The van der Waals surface area contributed by atoms with Crippen LogP contribution < -0.4 is 17.2 Å². The van der Waals surface area contributed by atoms with E-state index in [-0.39, 0.29) is 122 Å². The molecule has 0 aliphatic heterocycles. The lowest BCUT2D eigenvalue weighted by Crippen LogP contribution is -2.53. The van der Waals surface area contributed by atoms with Gasteiger partial charge in [-0.1, -0.05) is 345 Å². The molecule has 0 aliphatic carbocycles. The molecular weight excluding hydrogens is 1620 g/mol. The van der Waals surface area contributed by atoms with Gasteiger partial charge in [0.15, 0.2) is 0 Å². The topological polar surface area (TPSA) is 298 Å². The van der Waals surface area contributed by atoms with Gasteiger partial charge in [0, 0.05) is 78.5 Å². The predicted octanol–water partition coefficient (Wildman–Crippen LogP) is 13.6. The van der Waals surface area contributed by atoms with E-state index in [4.69, 9.17) is 17.2 Å². The number of nitrogens with zero attached hydrogens (tertiary/aromatic N) is 10. The first kappa shape index (κ1) is 107. The summed E-state index contributed by atoms with van der Waals surface area (Å²) in [4.78, 5) is 176. The summed E-state index contributed by atoms with van der Waals surface area (Å²) in [5.41, 5.74) is 21.5. The van der Waals surface area contributed by atoms with Gasteiger partial charge in [0.1, 0.15) is 0 Å². The average molecular weight is 1770 g/mol. The molecule has 6 N–H and O–H groups in total. The number of halogens is 1. The molecule has 0 unspecified atom stereocenters. The van der Waals surface area contributed by atoms with E-state index in [0.29, 0.717) is 57.9 Å². The van der Waals surface area contributed by atoms with Gasteiger partial charge in [-0.05, 0) is 73.6 Å². The molecule has 4 rings (SSSR count). The van der Waals surface area contributed by atoms with Gasteiger partial charge < -0.3 is 66.2 Å². The highest BCUT2D eigenvalue weighted by Gasteiger charge is 2.33. The second-order valence-electron chi connectivity index (χ2n) is 33.2. The molecule has 0 fully saturated rings. The summed E-state index contributed by atoms with van der Waals surface area (Å²) >= 11 is 3.22. The summed E-state index contributed by atoms with van der Waals surface area (Å²) in [6.07, 6.45) is 33.6. The number of rotatable bonds is 73. The van der Waals surface area contributed by atoms with Crippen LogP contribution in [0.2, 0.25) is 0 Å². The minimum Gasteiger partial charge on any atom is -0.368 e. The van der Waals surface area contributed by atoms with Crippen LogP contribution in [0.25, 0.3) is 0 Å². The molecule has 0 bridgehead atoms. The molecule has 0 saturated carbocycles. The molecule has 25 heteroatoms. The Balaban J connectivity index is 1.77. The number of hydrogen-bond donors (Lipinski definition) is 3. The lowest BCUT2D eigenvalue weighted by Gasteiger charge is -2.33. The van der Waals surface area contributed by atoms with Crippen molar-refractivity contribution in [2.24, 2.45) is 17.2 Å². The molecule has 123 heavy (non-hydrogen) atoms. The fourth-order valence-corrected chi connectivity index (χ4v) is 15.6. The van der Waals surface area contributed by atoms with Crippen molar-refractivity contribution in [1.29, 1.82) is 0 Å². The summed E-state index contributed by atoms with van der Waals surface area (Å²) in [5, 5.41) is -0.0406. The summed E-state index contributed by atoms with van der Waals surface area (Å²) in [6.45, 7) is 6.03. The second kappa shape index (κ2) is 67.8. The molecule has 0 saturated heterocycles. The van der Waals surface area contributed by atoms with E-state index in [1.807, 2.05) is 121 Å². The maximum absolute atomic E-state index is 15.7. The summed E-state index contributed by atoms with van der Waals surface area (Å²) in [6, 6.07) is 38.0. The second-order valence-corrected chi connectivity index (χ2v) is 33.7. The van der Waals surface area contributed by atoms with Gasteiger partial charge in [0.25, 0.3) is 0 Å². The van der Waals surface area contributed by atoms with Crippen LogP contribution in [-0.2, 0) is 78.4 Å². The summed E-state index contributed by atoms with van der Waals surface area (Å²) < 4.78 is 0.